The number of benzene rings is 1. The lowest BCUT2D eigenvalue weighted by molar-refractivity contribution is -0.139. The van der Waals surface area contributed by atoms with Crippen molar-refractivity contribution >= 4 is 11.8 Å². The van der Waals surface area contributed by atoms with Crippen LogP contribution in [0.1, 0.15) is 25.8 Å². The summed E-state index contributed by atoms with van der Waals surface area (Å²) < 4.78 is 0. The molecule has 25 heavy (non-hydrogen) atoms. The third-order valence-corrected chi connectivity index (χ3v) is 3.64. The molecule has 1 unspecified atom stereocenters. The minimum Gasteiger partial charge on any atom is -0.394 e. The average Bonchev–Trinajstić information content (AvgIpc) is 2.62. The molecule has 2 amide bonds. The van der Waals surface area contributed by atoms with Crippen molar-refractivity contribution in [3.63, 3.8) is 0 Å². The fourth-order valence-corrected chi connectivity index (χ4v) is 2.18. The number of aliphatic hydroxyl groups is 1. The van der Waals surface area contributed by atoms with Crippen molar-refractivity contribution in [2.24, 2.45) is 0 Å². The highest BCUT2D eigenvalue weighted by molar-refractivity contribution is 6.35. The molecule has 134 valence electrons. The maximum absolute atomic E-state index is 12.0. The van der Waals surface area contributed by atoms with Gasteiger partial charge in [0.05, 0.1) is 12.6 Å². The third kappa shape index (κ3) is 7.63. The molecule has 0 aliphatic rings. The van der Waals surface area contributed by atoms with Crippen LogP contribution in [0.5, 0.6) is 0 Å². The Labute approximate surface area is 149 Å². The van der Waals surface area contributed by atoms with Crippen molar-refractivity contribution in [1.82, 2.24) is 10.6 Å². The second-order valence-corrected chi connectivity index (χ2v) is 5.57. The lowest BCUT2D eigenvalue weighted by atomic mass is 10.1. The van der Waals surface area contributed by atoms with Gasteiger partial charge in [0.2, 0.25) is 0 Å². The first-order chi connectivity index (χ1) is 12.0. The number of carbonyl (C=O) groups excluding carboxylic acids is 2. The Balaban J connectivity index is 2.54. The standard InChI is InChI=1S/C20H26N2O3/c1-4-16(5-2)12-11-15(3)21-19(24)20(25)22-18(14-23)13-17-9-7-6-8-10-17/h4,6-12,18,23H,3,5,13-14H2,1-2H3,(H,21,24)(H,22,25)/b12-11-,16-4-. The van der Waals surface area contributed by atoms with Crippen molar-refractivity contribution in [2.45, 2.75) is 32.7 Å². The number of carbonyl (C=O) groups is 2. The molecule has 0 bridgehead atoms. The molecule has 0 aliphatic carbocycles. The minimum absolute atomic E-state index is 0.254. The van der Waals surface area contributed by atoms with E-state index in [1.807, 2.05) is 56.3 Å². The van der Waals surface area contributed by atoms with Gasteiger partial charge in [0.25, 0.3) is 0 Å². The largest absolute Gasteiger partial charge is 0.394 e. The van der Waals surface area contributed by atoms with Crippen LogP contribution < -0.4 is 10.6 Å². The number of amides is 2. The van der Waals surface area contributed by atoms with Gasteiger partial charge < -0.3 is 15.7 Å². The van der Waals surface area contributed by atoms with Crippen LogP contribution in [0, 0.1) is 0 Å². The van der Waals surface area contributed by atoms with Crippen LogP contribution >= 0.6 is 0 Å². The molecule has 3 N–H and O–H groups in total. The summed E-state index contributed by atoms with van der Waals surface area (Å²) in [5.41, 5.74) is 2.40. The smallest absolute Gasteiger partial charge is 0.313 e. The number of nitrogens with one attached hydrogen (secondary N) is 2. The van der Waals surface area contributed by atoms with Gasteiger partial charge in [-0.2, -0.15) is 0 Å². The molecule has 1 aromatic rings. The maximum atomic E-state index is 12.0. The van der Waals surface area contributed by atoms with Crippen LogP contribution in [-0.4, -0.2) is 29.6 Å². The molecule has 0 aromatic heterocycles. The molecule has 1 rings (SSSR count). The number of hydrogen-bond donors (Lipinski definition) is 3. The van der Waals surface area contributed by atoms with Crippen LogP contribution in [0.25, 0.3) is 0 Å². The zero-order valence-electron chi connectivity index (χ0n) is 14.8. The molecule has 0 radical (unpaired) electrons. The Hall–Kier alpha value is -2.66. The van der Waals surface area contributed by atoms with Gasteiger partial charge in [-0.15, -0.1) is 0 Å². The van der Waals surface area contributed by atoms with Gasteiger partial charge in [-0.3, -0.25) is 9.59 Å². The molecule has 5 nitrogen and oxygen atoms in total. The van der Waals surface area contributed by atoms with E-state index in [0.29, 0.717) is 12.1 Å². The molecule has 0 aliphatic heterocycles. The first-order valence-electron chi connectivity index (χ1n) is 8.28. The molecule has 0 saturated carbocycles. The summed E-state index contributed by atoms with van der Waals surface area (Å²) in [6.07, 6.45) is 6.77. The van der Waals surface area contributed by atoms with E-state index < -0.39 is 17.9 Å². The molecular formula is C20H26N2O3. The van der Waals surface area contributed by atoms with Crippen LogP contribution in [0.4, 0.5) is 0 Å². The highest BCUT2D eigenvalue weighted by atomic mass is 16.3. The first-order valence-corrected chi connectivity index (χ1v) is 8.28. The molecule has 0 spiro atoms. The van der Waals surface area contributed by atoms with Crippen molar-refractivity contribution < 1.29 is 14.7 Å². The second-order valence-electron chi connectivity index (χ2n) is 5.57. The van der Waals surface area contributed by atoms with E-state index in [9.17, 15) is 14.7 Å². The van der Waals surface area contributed by atoms with Crippen LogP contribution in [0.3, 0.4) is 0 Å². The summed E-state index contributed by atoms with van der Waals surface area (Å²) in [6, 6.07) is 8.91. The molecule has 5 heteroatoms. The van der Waals surface area contributed by atoms with Gasteiger partial charge in [0.1, 0.15) is 0 Å². The topological polar surface area (TPSA) is 78.4 Å². The highest BCUT2D eigenvalue weighted by Crippen LogP contribution is 2.04. The monoisotopic (exact) mass is 342 g/mol. The Morgan fingerprint density at radius 3 is 2.44 bits per heavy atom. The van der Waals surface area contributed by atoms with Gasteiger partial charge in [0, 0.05) is 5.70 Å². The molecule has 0 heterocycles. The predicted molar refractivity (Wildman–Crippen MR) is 99.6 cm³/mol. The number of rotatable bonds is 8. The molecule has 0 fully saturated rings. The Bertz CT molecular complexity index is 648. The van der Waals surface area contributed by atoms with E-state index in [4.69, 9.17) is 0 Å². The fraction of sp³-hybridized carbons (Fsp3) is 0.300. The van der Waals surface area contributed by atoms with Gasteiger partial charge in [-0.1, -0.05) is 61.6 Å². The number of allylic oxidation sites excluding steroid dienone is 4. The predicted octanol–water partition coefficient (Wildman–Crippen LogP) is 2.25. The van der Waals surface area contributed by atoms with E-state index >= 15 is 0 Å². The van der Waals surface area contributed by atoms with E-state index in [1.54, 1.807) is 6.08 Å². The lowest BCUT2D eigenvalue weighted by Crippen LogP contribution is -2.46. The normalized spacial score (nSPS) is 12.7. The summed E-state index contributed by atoms with van der Waals surface area (Å²) in [6.45, 7) is 7.41. The Morgan fingerprint density at radius 2 is 1.88 bits per heavy atom. The summed E-state index contributed by atoms with van der Waals surface area (Å²) in [5.74, 6) is -1.61. The van der Waals surface area contributed by atoms with Crippen LogP contribution in [0.15, 0.2) is 66.4 Å². The van der Waals surface area contributed by atoms with Crippen molar-refractivity contribution in [1.29, 1.82) is 0 Å². The lowest BCUT2D eigenvalue weighted by Gasteiger charge is -2.16. The van der Waals surface area contributed by atoms with Crippen LogP contribution in [0.2, 0.25) is 0 Å². The zero-order chi connectivity index (χ0) is 18.7. The summed E-state index contributed by atoms with van der Waals surface area (Å²) in [4.78, 5) is 23.9. The molecular weight excluding hydrogens is 316 g/mol. The SMILES string of the molecule is C=C(/C=C\C(=C/C)CC)NC(=O)C(=O)NC(CO)Cc1ccccc1. The second kappa shape index (κ2) is 11.0. The van der Waals surface area contributed by atoms with Gasteiger partial charge in [-0.05, 0) is 31.4 Å². The average molecular weight is 342 g/mol. The Morgan fingerprint density at radius 1 is 1.20 bits per heavy atom. The molecule has 1 aromatic carbocycles. The molecule has 0 saturated heterocycles. The summed E-state index contributed by atoms with van der Waals surface area (Å²) >= 11 is 0. The van der Waals surface area contributed by atoms with E-state index in [1.165, 1.54) is 0 Å². The first kappa shape index (κ1) is 20.4. The highest BCUT2D eigenvalue weighted by Gasteiger charge is 2.18. The maximum Gasteiger partial charge on any atom is 0.313 e. The Kier molecular flexibility index (Phi) is 8.96. The van der Waals surface area contributed by atoms with Gasteiger partial charge in [-0.25, -0.2) is 0 Å². The quantitative estimate of drug-likeness (QED) is 0.501. The third-order valence-electron chi connectivity index (χ3n) is 3.64. The number of aliphatic hydroxyl groups excluding tert-OH is 1. The van der Waals surface area contributed by atoms with Gasteiger partial charge >= 0.3 is 11.8 Å². The number of hydrogen-bond acceptors (Lipinski definition) is 3. The fourth-order valence-electron chi connectivity index (χ4n) is 2.18. The summed E-state index contributed by atoms with van der Waals surface area (Å²) in [7, 11) is 0. The van der Waals surface area contributed by atoms with Gasteiger partial charge in [0.15, 0.2) is 0 Å². The summed E-state index contributed by atoms with van der Waals surface area (Å²) in [5, 5.41) is 14.4. The van der Waals surface area contributed by atoms with E-state index in [-0.39, 0.29) is 6.61 Å². The van der Waals surface area contributed by atoms with Crippen molar-refractivity contribution in [3.05, 3.63) is 72.0 Å². The van der Waals surface area contributed by atoms with E-state index in [2.05, 4.69) is 17.2 Å². The van der Waals surface area contributed by atoms with Crippen molar-refractivity contribution in [2.75, 3.05) is 6.61 Å². The van der Waals surface area contributed by atoms with Crippen molar-refractivity contribution in [3.8, 4) is 0 Å². The van der Waals surface area contributed by atoms with E-state index in [0.717, 1.165) is 17.6 Å². The van der Waals surface area contributed by atoms with Crippen LogP contribution in [-0.2, 0) is 16.0 Å². The molecule has 1 atom stereocenters. The zero-order valence-corrected chi connectivity index (χ0v) is 14.8. The minimum atomic E-state index is -0.806.